The van der Waals surface area contributed by atoms with Crippen molar-refractivity contribution in [3.8, 4) is 11.1 Å². The summed E-state index contributed by atoms with van der Waals surface area (Å²) in [5.74, 6) is -6.87. The van der Waals surface area contributed by atoms with Crippen molar-refractivity contribution in [1.29, 1.82) is 0 Å². The highest BCUT2D eigenvalue weighted by atomic mass is 19.1. The lowest BCUT2D eigenvalue weighted by Crippen LogP contribution is -2.51. The fourth-order valence-corrected chi connectivity index (χ4v) is 6.64. The van der Waals surface area contributed by atoms with E-state index in [1.807, 2.05) is 55.7 Å². The van der Waals surface area contributed by atoms with Gasteiger partial charge in [0.2, 0.25) is 23.6 Å². The predicted molar refractivity (Wildman–Crippen MR) is 210 cm³/mol. The Kier molecular flexibility index (Phi) is 15.7. The van der Waals surface area contributed by atoms with Crippen LogP contribution in [0.4, 0.5) is 8.78 Å². The number of carbonyl (C=O) groups is 7. The lowest BCUT2D eigenvalue weighted by atomic mass is 9.82. The third-order valence-corrected chi connectivity index (χ3v) is 9.47. The van der Waals surface area contributed by atoms with E-state index in [0.29, 0.717) is 22.7 Å². The third-order valence-electron chi connectivity index (χ3n) is 9.47. The number of carboxylic acids is 1. The van der Waals surface area contributed by atoms with Crippen LogP contribution in [0.3, 0.4) is 0 Å². The molecule has 1 aromatic heterocycles. The maximum Gasteiger partial charge on any atom is 0.303 e. The Morgan fingerprint density at radius 3 is 2.15 bits per heavy atom. The molecule has 0 spiro atoms. The fourth-order valence-electron chi connectivity index (χ4n) is 6.64. The smallest absolute Gasteiger partial charge is 0.303 e. The number of imide groups is 1. The monoisotopic (exact) mass is 821 g/mol. The molecule has 0 radical (unpaired) electrons. The maximum absolute atomic E-state index is 15.1. The molecule has 18 heteroatoms. The zero-order valence-corrected chi connectivity index (χ0v) is 33.0. The average Bonchev–Trinajstić information content (AvgIpc) is 3.73. The number of rotatable bonds is 20. The number of nitrogens with one attached hydrogen (secondary N) is 3. The Balaban J connectivity index is 1.44. The molecule has 6 amide bonds. The molecule has 0 fully saturated rings. The van der Waals surface area contributed by atoms with Crippen LogP contribution >= 0.6 is 0 Å². The predicted octanol–water partition coefficient (Wildman–Crippen LogP) is 1.61. The number of carbonyl (C=O) groups excluding carboxylic acids is 6. The molecule has 2 heterocycles. The van der Waals surface area contributed by atoms with E-state index in [9.17, 15) is 43.1 Å². The summed E-state index contributed by atoms with van der Waals surface area (Å²) >= 11 is 0. The zero-order chi connectivity index (χ0) is 43.4. The average molecular weight is 822 g/mol. The molecule has 3 aromatic rings. The van der Waals surface area contributed by atoms with Crippen LogP contribution in [-0.4, -0.2) is 111 Å². The van der Waals surface area contributed by atoms with E-state index in [4.69, 9.17) is 10.8 Å². The highest BCUT2D eigenvalue weighted by Crippen LogP contribution is 2.41. The van der Waals surface area contributed by atoms with Crippen molar-refractivity contribution < 1.29 is 52.6 Å². The van der Waals surface area contributed by atoms with E-state index in [1.54, 1.807) is 12.3 Å². The molecule has 0 saturated carbocycles. The van der Waals surface area contributed by atoms with Crippen molar-refractivity contribution in [2.24, 2.45) is 11.1 Å². The normalized spacial score (nSPS) is 14.1. The molecule has 4 rings (SSSR count). The van der Waals surface area contributed by atoms with Crippen LogP contribution in [0, 0.1) is 17.0 Å². The Labute approximate surface area is 339 Å². The molecule has 3 atom stereocenters. The first-order valence-electron chi connectivity index (χ1n) is 18.8. The number of aliphatic hydroxyl groups excluding tert-OH is 1. The van der Waals surface area contributed by atoms with E-state index in [1.165, 1.54) is 4.90 Å². The van der Waals surface area contributed by atoms with E-state index in [2.05, 4.69) is 16.0 Å². The molecule has 59 heavy (non-hydrogen) atoms. The van der Waals surface area contributed by atoms with Gasteiger partial charge in [-0.25, -0.2) is 8.78 Å². The Bertz CT molecular complexity index is 2050. The Hall–Kier alpha value is -6.27. The molecule has 316 valence electrons. The van der Waals surface area contributed by atoms with E-state index in [0.717, 1.165) is 35.9 Å². The largest absolute Gasteiger partial charge is 0.481 e. The number of halogens is 2. The SMILES string of the molecule is CC(C)(C)[C@H](c1cc(-c2cc(F)ccc2F)cn1Cc1ccccc1)N(CC[C@H](N)C(=O)NCCNC(=O)[C@@H](CCC(=O)O)NC(=O)CN1C(=O)C=CC1=O)C(=O)CO. The number of carboxylic acid groups (broad SMARTS) is 1. The Morgan fingerprint density at radius 2 is 1.54 bits per heavy atom. The fraction of sp³-hybridized carbons (Fsp3) is 0.390. The minimum Gasteiger partial charge on any atom is -0.481 e. The summed E-state index contributed by atoms with van der Waals surface area (Å²) < 4.78 is 31.2. The first-order chi connectivity index (χ1) is 27.9. The number of hydrogen-bond acceptors (Lipinski definition) is 9. The standard InChI is InChI=1S/C41H49F2N7O9/c1-41(2,3)38(32-19-26(28-20-27(42)9-10-29(28)43)22-48(32)21-25-7-5-4-6-8-25)49(36(55)24-51)18-15-30(44)39(58)45-16-17-46-40(59)31(11-14-37(56)57)47-33(52)23-50-34(53)12-13-35(50)54/h4-10,12-13,19-20,22,30-31,38,51H,11,14-18,21,23-24,44H2,1-3H3,(H,45,58)(H,46,59)(H,47,52)(H,56,57)/t30-,31+,38-/m0/s1. The summed E-state index contributed by atoms with van der Waals surface area (Å²) in [6.45, 7) is 4.03. The van der Waals surface area contributed by atoms with E-state index in [-0.39, 0.29) is 38.0 Å². The second-order valence-electron chi connectivity index (χ2n) is 15.0. The molecule has 1 aliphatic rings. The third kappa shape index (κ3) is 12.6. The molecule has 0 unspecified atom stereocenters. The second-order valence-corrected chi connectivity index (χ2v) is 15.0. The zero-order valence-electron chi connectivity index (χ0n) is 33.0. The summed E-state index contributed by atoms with van der Waals surface area (Å²) in [6.07, 6.45) is 2.80. The minimum absolute atomic E-state index is 0.0202. The van der Waals surface area contributed by atoms with Gasteiger partial charge in [0.15, 0.2) is 0 Å². The number of aliphatic carboxylic acids is 1. The maximum atomic E-state index is 15.1. The summed E-state index contributed by atoms with van der Waals surface area (Å²) in [6, 6.07) is 10.9. The van der Waals surface area contributed by atoms with Crippen molar-refractivity contribution >= 4 is 41.4 Å². The number of hydrogen-bond donors (Lipinski definition) is 6. The number of amides is 6. The van der Waals surface area contributed by atoms with Gasteiger partial charge in [0.25, 0.3) is 11.8 Å². The topological polar surface area (TPSA) is 233 Å². The number of benzene rings is 2. The van der Waals surface area contributed by atoms with Crippen LogP contribution < -0.4 is 21.7 Å². The molecule has 1 aliphatic heterocycles. The molecular weight excluding hydrogens is 772 g/mol. The Morgan fingerprint density at radius 1 is 0.898 bits per heavy atom. The van der Waals surface area contributed by atoms with Gasteiger partial charge in [-0.1, -0.05) is 51.1 Å². The minimum atomic E-state index is -1.33. The first-order valence-corrected chi connectivity index (χ1v) is 18.8. The molecule has 0 bridgehead atoms. The molecular formula is C41H49F2N7O9. The van der Waals surface area contributed by atoms with Gasteiger partial charge in [0, 0.05) is 67.8 Å². The number of nitrogens with two attached hydrogens (primary N) is 1. The summed E-state index contributed by atoms with van der Waals surface area (Å²) in [7, 11) is 0. The lowest BCUT2D eigenvalue weighted by molar-refractivity contribution is -0.141. The molecule has 16 nitrogen and oxygen atoms in total. The highest BCUT2D eigenvalue weighted by molar-refractivity contribution is 6.14. The van der Waals surface area contributed by atoms with E-state index >= 15 is 4.39 Å². The first kappa shape index (κ1) is 45.4. The number of aliphatic hydroxyl groups is 1. The quantitative estimate of drug-likeness (QED) is 0.0712. The van der Waals surface area contributed by atoms with Gasteiger partial charge < -0.3 is 41.4 Å². The molecule has 7 N–H and O–H groups in total. The van der Waals surface area contributed by atoms with Crippen molar-refractivity contribution in [2.75, 3.05) is 32.8 Å². The van der Waals surface area contributed by atoms with Crippen LogP contribution in [0.2, 0.25) is 0 Å². The van der Waals surface area contributed by atoms with Gasteiger partial charge in [-0.05, 0) is 48.1 Å². The number of nitrogens with zero attached hydrogens (tertiary/aromatic N) is 3. The van der Waals surface area contributed by atoms with Crippen LogP contribution in [0.5, 0.6) is 0 Å². The van der Waals surface area contributed by atoms with Crippen molar-refractivity contribution in [3.05, 3.63) is 95.8 Å². The summed E-state index contributed by atoms with van der Waals surface area (Å²) in [5, 5.41) is 26.6. The van der Waals surface area contributed by atoms with Gasteiger partial charge in [-0.3, -0.25) is 38.5 Å². The lowest BCUT2D eigenvalue weighted by Gasteiger charge is -2.41. The van der Waals surface area contributed by atoms with Gasteiger partial charge in [0.1, 0.15) is 30.8 Å². The number of aromatic nitrogens is 1. The molecule has 0 aliphatic carbocycles. The molecule has 0 saturated heterocycles. The molecule has 2 aromatic carbocycles. The van der Waals surface area contributed by atoms with Gasteiger partial charge >= 0.3 is 5.97 Å². The van der Waals surface area contributed by atoms with Gasteiger partial charge in [-0.15, -0.1) is 0 Å². The van der Waals surface area contributed by atoms with Crippen LogP contribution in [0.1, 0.15) is 57.3 Å². The van der Waals surface area contributed by atoms with Crippen LogP contribution in [0.25, 0.3) is 11.1 Å². The van der Waals surface area contributed by atoms with Gasteiger partial charge in [-0.2, -0.15) is 0 Å². The summed E-state index contributed by atoms with van der Waals surface area (Å²) in [4.78, 5) is 88.8. The highest BCUT2D eigenvalue weighted by Gasteiger charge is 2.37. The van der Waals surface area contributed by atoms with Crippen molar-refractivity contribution in [2.45, 2.75) is 64.7 Å². The van der Waals surface area contributed by atoms with Crippen LogP contribution in [0.15, 0.2) is 72.9 Å². The second kappa shape index (κ2) is 20.4. The summed E-state index contributed by atoms with van der Waals surface area (Å²) in [5.41, 5.74) is 7.39. The van der Waals surface area contributed by atoms with Crippen molar-refractivity contribution in [1.82, 2.24) is 30.3 Å². The van der Waals surface area contributed by atoms with E-state index < -0.39 is 96.2 Å². The van der Waals surface area contributed by atoms with Crippen LogP contribution in [-0.2, 0) is 40.1 Å². The van der Waals surface area contributed by atoms with Crippen molar-refractivity contribution in [3.63, 3.8) is 0 Å². The van der Waals surface area contributed by atoms with Gasteiger partial charge in [0.05, 0.1) is 12.1 Å².